The SMILES string of the molecule is CNC(C)(C)CNc1ccc2c(c1)CCC(=O)N2C. The van der Waals surface area contributed by atoms with Crippen LogP contribution in [0.15, 0.2) is 18.2 Å². The number of nitrogens with zero attached hydrogens (tertiary/aromatic N) is 1. The second kappa shape index (κ2) is 5.21. The van der Waals surface area contributed by atoms with Crippen LogP contribution in [0.25, 0.3) is 0 Å². The fraction of sp³-hybridized carbons (Fsp3) is 0.533. The Morgan fingerprint density at radius 3 is 2.74 bits per heavy atom. The summed E-state index contributed by atoms with van der Waals surface area (Å²) in [5.74, 6) is 0.199. The molecule has 2 rings (SSSR count). The van der Waals surface area contributed by atoms with Gasteiger partial charge in [-0.25, -0.2) is 0 Å². The molecule has 0 fully saturated rings. The van der Waals surface area contributed by atoms with Crippen molar-refractivity contribution in [3.05, 3.63) is 23.8 Å². The molecule has 0 spiro atoms. The van der Waals surface area contributed by atoms with E-state index >= 15 is 0 Å². The Morgan fingerprint density at radius 1 is 1.32 bits per heavy atom. The number of fused-ring (bicyclic) bond motifs is 1. The van der Waals surface area contributed by atoms with E-state index in [9.17, 15) is 4.79 Å². The Labute approximate surface area is 115 Å². The molecular formula is C15H23N3O. The minimum Gasteiger partial charge on any atom is -0.383 e. The number of amides is 1. The van der Waals surface area contributed by atoms with E-state index in [0.29, 0.717) is 6.42 Å². The Hall–Kier alpha value is -1.55. The molecule has 104 valence electrons. The smallest absolute Gasteiger partial charge is 0.227 e. The van der Waals surface area contributed by atoms with Gasteiger partial charge in [0.15, 0.2) is 0 Å². The van der Waals surface area contributed by atoms with Gasteiger partial charge < -0.3 is 15.5 Å². The van der Waals surface area contributed by atoms with E-state index in [1.54, 1.807) is 4.90 Å². The highest BCUT2D eigenvalue weighted by atomic mass is 16.2. The predicted molar refractivity (Wildman–Crippen MR) is 79.8 cm³/mol. The number of hydrogen-bond acceptors (Lipinski definition) is 3. The quantitative estimate of drug-likeness (QED) is 0.871. The van der Waals surface area contributed by atoms with Gasteiger partial charge in [0.05, 0.1) is 0 Å². The molecule has 1 aromatic carbocycles. The fourth-order valence-electron chi connectivity index (χ4n) is 2.18. The highest BCUT2D eigenvalue weighted by molar-refractivity contribution is 5.96. The molecule has 1 aliphatic heterocycles. The maximum absolute atomic E-state index is 11.6. The zero-order chi connectivity index (χ0) is 14.0. The third kappa shape index (κ3) is 3.07. The van der Waals surface area contributed by atoms with Gasteiger partial charge >= 0.3 is 0 Å². The number of aryl methyl sites for hydroxylation is 1. The summed E-state index contributed by atoms with van der Waals surface area (Å²) >= 11 is 0. The first-order valence-corrected chi connectivity index (χ1v) is 6.75. The number of benzene rings is 1. The van der Waals surface area contributed by atoms with Gasteiger partial charge in [-0.2, -0.15) is 0 Å². The second-order valence-corrected chi connectivity index (χ2v) is 5.78. The van der Waals surface area contributed by atoms with Crippen LogP contribution in [0.4, 0.5) is 11.4 Å². The molecule has 0 saturated heterocycles. The van der Waals surface area contributed by atoms with Crippen LogP contribution in [0.3, 0.4) is 0 Å². The summed E-state index contributed by atoms with van der Waals surface area (Å²) in [7, 11) is 3.81. The molecule has 4 heteroatoms. The normalized spacial score (nSPS) is 15.4. The summed E-state index contributed by atoms with van der Waals surface area (Å²) in [6.07, 6.45) is 1.44. The third-order valence-corrected chi connectivity index (χ3v) is 3.83. The summed E-state index contributed by atoms with van der Waals surface area (Å²) in [6, 6.07) is 6.23. The van der Waals surface area contributed by atoms with Crippen molar-refractivity contribution in [2.24, 2.45) is 0 Å². The van der Waals surface area contributed by atoms with E-state index in [4.69, 9.17) is 0 Å². The molecule has 0 radical (unpaired) electrons. The summed E-state index contributed by atoms with van der Waals surface area (Å²) < 4.78 is 0. The average molecular weight is 261 g/mol. The van der Waals surface area contributed by atoms with Crippen molar-refractivity contribution in [2.45, 2.75) is 32.2 Å². The number of nitrogens with one attached hydrogen (secondary N) is 2. The van der Waals surface area contributed by atoms with Crippen LogP contribution in [0.2, 0.25) is 0 Å². The monoisotopic (exact) mass is 261 g/mol. The third-order valence-electron chi connectivity index (χ3n) is 3.83. The lowest BCUT2D eigenvalue weighted by Gasteiger charge is -2.28. The zero-order valence-corrected chi connectivity index (χ0v) is 12.2. The molecule has 19 heavy (non-hydrogen) atoms. The number of anilines is 2. The molecule has 4 nitrogen and oxygen atoms in total. The predicted octanol–water partition coefficient (Wildman–Crippen LogP) is 2.01. The van der Waals surface area contributed by atoms with E-state index in [1.165, 1.54) is 5.56 Å². The van der Waals surface area contributed by atoms with Gasteiger partial charge in [-0.05, 0) is 51.1 Å². The van der Waals surface area contributed by atoms with Crippen molar-refractivity contribution >= 4 is 17.3 Å². The van der Waals surface area contributed by atoms with E-state index in [0.717, 1.165) is 24.3 Å². The first-order chi connectivity index (χ1) is 8.93. The van der Waals surface area contributed by atoms with Gasteiger partial charge in [0.2, 0.25) is 5.91 Å². The van der Waals surface area contributed by atoms with Crippen LogP contribution in [0.5, 0.6) is 0 Å². The molecule has 0 bridgehead atoms. The molecule has 0 saturated carbocycles. The van der Waals surface area contributed by atoms with Crippen LogP contribution in [-0.2, 0) is 11.2 Å². The Bertz CT molecular complexity index is 482. The number of rotatable bonds is 4. The maximum atomic E-state index is 11.6. The largest absolute Gasteiger partial charge is 0.383 e. The average Bonchev–Trinajstić information content (AvgIpc) is 2.41. The molecule has 0 aliphatic carbocycles. The van der Waals surface area contributed by atoms with Crippen molar-refractivity contribution in [3.8, 4) is 0 Å². The summed E-state index contributed by atoms with van der Waals surface area (Å²) in [5.41, 5.74) is 3.46. The minimum atomic E-state index is 0.0582. The van der Waals surface area contributed by atoms with Gasteiger partial charge in [0, 0.05) is 36.9 Å². The van der Waals surface area contributed by atoms with Gasteiger partial charge in [0.1, 0.15) is 0 Å². The number of likely N-dealkylation sites (N-methyl/N-ethyl adjacent to an activating group) is 1. The summed E-state index contributed by atoms with van der Waals surface area (Å²) in [6.45, 7) is 5.17. The van der Waals surface area contributed by atoms with Crippen LogP contribution in [0, 0.1) is 0 Å². The number of hydrogen-bond donors (Lipinski definition) is 2. The van der Waals surface area contributed by atoms with Gasteiger partial charge in [-0.15, -0.1) is 0 Å². The summed E-state index contributed by atoms with van der Waals surface area (Å²) in [4.78, 5) is 13.4. The number of carbonyl (C=O) groups is 1. The standard InChI is InChI=1S/C15H23N3O/c1-15(2,16-3)10-17-12-6-7-13-11(9-12)5-8-14(19)18(13)4/h6-7,9,16-17H,5,8,10H2,1-4H3. The Kier molecular flexibility index (Phi) is 3.80. The van der Waals surface area contributed by atoms with Crippen LogP contribution in [0.1, 0.15) is 25.8 Å². The molecule has 1 heterocycles. The van der Waals surface area contributed by atoms with E-state index in [2.05, 4.69) is 30.5 Å². The van der Waals surface area contributed by atoms with Crippen molar-refractivity contribution in [1.82, 2.24) is 5.32 Å². The van der Waals surface area contributed by atoms with Crippen molar-refractivity contribution in [3.63, 3.8) is 0 Å². The lowest BCUT2D eigenvalue weighted by atomic mass is 10.0. The zero-order valence-electron chi connectivity index (χ0n) is 12.2. The van der Waals surface area contributed by atoms with Crippen LogP contribution >= 0.6 is 0 Å². The summed E-state index contributed by atoms with van der Waals surface area (Å²) in [5, 5.41) is 6.72. The first-order valence-electron chi connectivity index (χ1n) is 6.75. The Morgan fingerprint density at radius 2 is 2.05 bits per heavy atom. The van der Waals surface area contributed by atoms with E-state index < -0.39 is 0 Å². The minimum absolute atomic E-state index is 0.0582. The van der Waals surface area contributed by atoms with Gasteiger partial charge in [-0.3, -0.25) is 4.79 Å². The highest BCUT2D eigenvalue weighted by Gasteiger charge is 2.21. The first kappa shape index (κ1) is 13.9. The van der Waals surface area contributed by atoms with E-state index in [1.807, 2.05) is 26.2 Å². The highest BCUT2D eigenvalue weighted by Crippen LogP contribution is 2.29. The molecule has 0 aromatic heterocycles. The van der Waals surface area contributed by atoms with Crippen molar-refractivity contribution in [2.75, 3.05) is 30.9 Å². The molecule has 1 aromatic rings. The van der Waals surface area contributed by atoms with Gasteiger partial charge in [0.25, 0.3) is 0 Å². The van der Waals surface area contributed by atoms with Gasteiger partial charge in [-0.1, -0.05) is 0 Å². The fourth-order valence-corrected chi connectivity index (χ4v) is 2.18. The molecular weight excluding hydrogens is 238 g/mol. The maximum Gasteiger partial charge on any atom is 0.227 e. The molecule has 2 N–H and O–H groups in total. The van der Waals surface area contributed by atoms with Crippen molar-refractivity contribution in [1.29, 1.82) is 0 Å². The molecule has 1 aliphatic rings. The van der Waals surface area contributed by atoms with E-state index in [-0.39, 0.29) is 11.4 Å². The lowest BCUT2D eigenvalue weighted by molar-refractivity contribution is -0.118. The van der Waals surface area contributed by atoms with Crippen molar-refractivity contribution < 1.29 is 4.79 Å². The second-order valence-electron chi connectivity index (χ2n) is 5.78. The Balaban J connectivity index is 2.12. The van der Waals surface area contributed by atoms with Crippen LogP contribution < -0.4 is 15.5 Å². The van der Waals surface area contributed by atoms with Crippen LogP contribution in [-0.4, -0.2) is 32.1 Å². The topological polar surface area (TPSA) is 44.4 Å². The number of carbonyl (C=O) groups excluding carboxylic acids is 1. The molecule has 1 amide bonds. The molecule has 0 unspecified atom stereocenters. The molecule has 0 atom stereocenters. The lowest BCUT2D eigenvalue weighted by Crippen LogP contribution is -2.42.